The van der Waals surface area contributed by atoms with Crippen molar-refractivity contribution in [1.82, 2.24) is 9.47 Å². The SMILES string of the molecule is COc1ccc([C@@H](C)N(C)[C@@H]2COCc3c2c2cc(F)c(F)cc2c(=O)n3CCOC(C)=O)cc1. The van der Waals surface area contributed by atoms with Crippen molar-refractivity contribution in [3.63, 3.8) is 0 Å². The lowest BCUT2D eigenvalue weighted by atomic mass is 9.93. The molecule has 4 rings (SSSR count). The second kappa shape index (κ2) is 10.1. The van der Waals surface area contributed by atoms with Crippen molar-refractivity contribution in [2.24, 2.45) is 0 Å². The van der Waals surface area contributed by atoms with Crippen LogP contribution >= 0.6 is 0 Å². The molecule has 3 aromatic rings. The molecule has 0 bridgehead atoms. The normalized spacial score (nSPS) is 16.3. The fraction of sp³-hybridized carbons (Fsp3) is 0.385. The van der Waals surface area contributed by atoms with Gasteiger partial charge in [-0.2, -0.15) is 0 Å². The average molecular weight is 487 g/mol. The van der Waals surface area contributed by atoms with Crippen molar-refractivity contribution in [1.29, 1.82) is 0 Å². The van der Waals surface area contributed by atoms with Gasteiger partial charge >= 0.3 is 5.97 Å². The predicted molar refractivity (Wildman–Crippen MR) is 126 cm³/mol. The largest absolute Gasteiger partial charge is 0.497 e. The third-order valence-electron chi connectivity index (χ3n) is 6.63. The first-order valence-electron chi connectivity index (χ1n) is 11.3. The number of fused-ring (bicyclic) bond motifs is 3. The van der Waals surface area contributed by atoms with Crippen LogP contribution in [0.3, 0.4) is 0 Å². The van der Waals surface area contributed by atoms with E-state index in [1.165, 1.54) is 11.5 Å². The standard InChI is InChI=1S/C26H28F2N2O5/c1-15(17-5-7-18(33-4)8-6-17)29(3)23-13-34-14-24-25(23)19-11-21(27)22(28)12-20(19)26(32)30(24)9-10-35-16(2)31/h5-8,11-12,15,23H,9-10,13-14H2,1-4H3/t15-,23-/m1/s1. The summed E-state index contributed by atoms with van der Waals surface area (Å²) in [5.41, 5.74) is 1.81. The summed E-state index contributed by atoms with van der Waals surface area (Å²) in [4.78, 5) is 26.6. The number of halogens is 2. The maximum Gasteiger partial charge on any atom is 0.302 e. The summed E-state index contributed by atoms with van der Waals surface area (Å²) < 4.78 is 46.2. The molecule has 0 unspecified atom stereocenters. The molecule has 7 nitrogen and oxygen atoms in total. The highest BCUT2D eigenvalue weighted by Crippen LogP contribution is 2.38. The molecular weight excluding hydrogens is 458 g/mol. The van der Waals surface area contributed by atoms with Crippen LogP contribution in [-0.4, -0.2) is 42.8 Å². The maximum atomic E-state index is 14.4. The van der Waals surface area contributed by atoms with Gasteiger partial charge in [-0.05, 0) is 49.2 Å². The molecule has 35 heavy (non-hydrogen) atoms. The first kappa shape index (κ1) is 24.8. The minimum absolute atomic E-state index is 0.0282. The number of pyridine rings is 1. The van der Waals surface area contributed by atoms with Crippen molar-refractivity contribution in [2.45, 2.75) is 39.1 Å². The summed E-state index contributed by atoms with van der Waals surface area (Å²) in [6.45, 7) is 3.80. The predicted octanol–water partition coefficient (Wildman–Crippen LogP) is 4.12. The van der Waals surface area contributed by atoms with E-state index in [2.05, 4.69) is 4.90 Å². The van der Waals surface area contributed by atoms with Crippen LogP contribution in [0.5, 0.6) is 5.75 Å². The van der Waals surface area contributed by atoms with Crippen LogP contribution in [0.2, 0.25) is 0 Å². The van der Waals surface area contributed by atoms with Crippen LogP contribution in [0.25, 0.3) is 10.8 Å². The zero-order valence-electron chi connectivity index (χ0n) is 20.1. The van der Waals surface area contributed by atoms with E-state index in [0.717, 1.165) is 23.4 Å². The number of carbonyl (C=O) groups excluding carboxylic acids is 1. The summed E-state index contributed by atoms with van der Waals surface area (Å²) in [7, 11) is 3.53. The van der Waals surface area contributed by atoms with E-state index >= 15 is 0 Å². The van der Waals surface area contributed by atoms with Gasteiger partial charge in [-0.1, -0.05) is 12.1 Å². The van der Waals surface area contributed by atoms with Crippen LogP contribution in [-0.2, 0) is 27.4 Å². The third kappa shape index (κ3) is 4.78. The van der Waals surface area contributed by atoms with Gasteiger partial charge in [0, 0.05) is 18.5 Å². The molecule has 0 saturated heterocycles. The van der Waals surface area contributed by atoms with E-state index in [1.807, 2.05) is 38.2 Å². The Hall–Kier alpha value is -3.30. The molecule has 0 spiro atoms. The minimum Gasteiger partial charge on any atom is -0.497 e. The molecule has 1 aliphatic heterocycles. The molecule has 2 aromatic carbocycles. The van der Waals surface area contributed by atoms with Crippen LogP contribution in [0, 0.1) is 11.6 Å². The van der Waals surface area contributed by atoms with Gasteiger partial charge in [-0.3, -0.25) is 14.5 Å². The maximum absolute atomic E-state index is 14.4. The van der Waals surface area contributed by atoms with E-state index in [1.54, 1.807) is 7.11 Å². The quantitative estimate of drug-likeness (QED) is 0.468. The Morgan fingerprint density at radius 2 is 1.86 bits per heavy atom. The van der Waals surface area contributed by atoms with Gasteiger partial charge in [-0.15, -0.1) is 0 Å². The van der Waals surface area contributed by atoms with E-state index < -0.39 is 23.2 Å². The number of aromatic nitrogens is 1. The number of esters is 1. The molecule has 2 atom stereocenters. The number of ether oxygens (including phenoxy) is 3. The summed E-state index contributed by atoms with van der Waals surface area (Å²) in [6.07, 6.45) is 0. The summed E-state index contributed by atoms with van der Waals surface area (Å²) in [6, 6.07) is 9.32. The summed E-state index contributed by atoms with van der Waals surface area (Å²) in [5.74, 6) is -1.84. The Balaban J connectivity index is 1.84. The fourth-order valence-corrected chi connectivity index (χ4v) is 4.62. The summed E-state index contributed by atoms with van der Waals surface area (Å²) >= 11 is 0. The molecule has 0 aliphatic carbocycles. The monoisotopic (exact) mass is 486 g/mol. The minimum atomic E-state index is -1.09. The van der Waals surface area contributed by atoms with Gasteiger partial charge in [0.1, 0.15) is 12.4 Å². The summed E-state index contributed by atoms with van der Waals surface area (Å²) in [5, 5.41) is 0.428. The van der Waals surface area contributed by atoms with E-state index in [-0.39, 0.29) is 37.2 Å². The van der Waals surface area contributed by atoms with Crippen LogP contribution in [0.15, 0.2) is 41.2 Å². The molecular formula is C26H28F2N2O5. The Morgan fingerprint density at radius 1 is 1.20 bits per heavy atom. The highest BCUT2D eigenvalue weighted by molar-refractivity contribution is 5.86. The van der Waals surface area contributed by atoms with Gasteiger partial charge in [0.05, 0.1) is 44.0 Å². The molecule has 0 amide bonds. The van der Waals surface area contributed by atoms with Crippen molar-refractivity contribution < 1.29 is 27.8 Å². The number of carbonyl (C=O) groups is 1. The lowest BCUT2D eigenvalue weighted by molar-refractivity contribution is -0.141. The van der Waals surface area contributed by atoms with Gasteiger partial charge in [-0.25, -0.2) is 8.78 Å². The molecule has 1 aliphatic rings. The third-order valence-corrected chi connectivity index (χ3v) is 6.63. The molecule has 9 heteroatoms. The number of likely N-dealkylation sites (N-methyl/N-ethyl adjacent to an activating group) is 1. The Morgan fingerprint density at radius 3 is 2.49 bits per heavy atom. The van der Waals surface area contributed by atoms with Crippen molar-refractivity contribution in [3.05, 3.63) is 75.2 Å². The number of rotatable bonds is 7. The van der Waals surface area contributed by atoms with Gasteiger partial charge in [0.2, 0.25) is 0 Å². The molecule has 2 heterocycles. The number of hydrogen-bond acceptors (Lipinski definition) is 6. The van der Waals surface area contributed by atoms with Crippen LogP contribution in [0.1, 0.15) is 42.8 Å². The second-order valence-electron chi connectivity index (χ2n) is 8.61. The molecule has 186 valence electrons. The smallest absolute Gasteiger partial charge is 0.302 e. The molecule has 0 N–H and O–H groups in total. The highest BCUT2D eigenvalue weighted by atomic mass is 19.2. The topological polar surface area (TPSA) is 70.0 Å². The van der Waals surface area contributed by atoms with E-state index in [0.29, 0.717) is 23.3 Å². The lowest BCUT2D eigenvalue weighted by Crippen LogP contribution is -2.38. The van der Waals surface area contributed by atoms with Crippen molar-refractivity contribution in [2.75, 3.05) is 27.4 Å². The van der Waals surface area contributed by atoms with Gasteiger partial charge in [0.25, 0.3) is 5.56 Å². The highest BCUT2D eigenvalue weighted by Gasteiger charge is 2.33. The molecule has 0 radical (unpaired) electrons. The Kier molecular flexibility index (Phi) is 7.18. The first-order chi connectivity index (χ1) is 16.7. The molecule has 0 fully saturated rings. The molecule has 0 saturated carbocycles. The van der Waals surface area contributed by atoms with E-state index in [4.69, 9.17) is 14.2 Å². The first-order valence-corrected chi connectivity index (χ1v) is 11.3. The Labute approximate surface area is 201 Å². The number of methoxy groups -OCH3 is 1. The zero-order chi connectivity index (χ0) is 25.3. The van der Waals surface area contributed by atoms with Gasteiger partial charge in [0.15, 0.2) is 11.6 Å². The van der Waals surface area contributed by atoms with Crippen molar-refractivity contribution in [3.8, 4) is 5.75 Å². The number of nitrogens with zero attached hydrogens (tertiary/aromatic N) is 2. The molecule has 1 aromatic heterocycles. The average Bonchev–Trinajstić information content (AvgIpc) is 2.85. The van der Waals surface area contributed by atoms with Crippen LogP contribution < -0.4 is 10.3 Å². The Bertz CT molecular complexity index is 1310. The van der Waals surface area contributed by atoms with E-state index in [9.17, 15) is 18.4 Å². The number of hydrogen-bond donors (Lipinski definition) is 0. The van der Waals surface area contributed by atoms with Crippen molar-refractivity contribution >= 4 is 16.7 Å². The van der Waals surface area contributed by atoms with Crippen LogP contribution in [0.4, 0.5) is 8.78 Å². The zero-order valence-corrected chi connectivity index (χ0v) is 20.1. The lowest BCUT2D eigenvalue weighted by Gasteiger charge is -2.38. The number of benzene rings is 2. The van der Waals surface area contributed by atoms with Gasteiger partial charge < -0.3 is 18.8 Å². The fourth-order valence-electron chi connectivity index (χ4n) is 4.62. The second-order valence-corrected chi connectivity index (χ2v) is 8.61.